The predicted octanol–water partition coefficient (Wildman–Crippen LogP) is 3.33. The van der Waals surface area contributed by atoms with Gasteiger partial charge in [-0.15, -0.1) is 11.3 Å². The van der Waals surface area contributed by atoms with Gasteiger partial charge in [0.05, 0.1) is 17.0 Å². The van der Waals surface area contributed by atoms with E-state index in [0.29, 0.717) is 30.5 Å². The van der Waals surface area contributed by atoms with E-state index in [9.17, 15) is 18.0 Å². The number of fused-ring (bicyclic) bond motifs is 1. The Kier molecular flexibility index (Phi) is 7.06. The molecule has 0 atom stereocenters. The van der Waals surface area contributed by atoms with E-state index in [0.717, 1.165) is 17.7 Å². The number of aromatic amines is 1. The maximum absolute atomic E-state index is 13.1. The average molecular weight is 448 g/mol. The largest absolute Gasteiger partial charge is 0.347 e. The summed E-state index contributed by atoms with van der Waals surface area (Å²) >= 11 is 1.52. The zero-order chi connectivity index (χ0) is 21.7. The fourth-order valence-corrected chi connectivity index (χ4v) is 5.35. The van der Waals surface area contributed by atoms with Crippen LogP contribution in [-0.4, -0.2) is 36.7 Å². The molecule has 2 N–H and O–H groups in total. The Morgan fingerprint density at radius 1 is 1.20 bits per heavy atom. The predicted molar refractivity (Wildman–Crippen MR) is 119 cm³/mol. The van der Waals surface area contributed by atoms with Gasteiger partial charge in [0, 0.05) is 34.9 Å². The highest BCUT2D eigenvalue weighted by Crippen LogP contribution is 2.23. The fourth-order valence-electron chi connectivity index (χ4n) is 3.19. The summed E-state index contributed by atoms with van der Waals surface area (Å²) in [5.41, 5.74) is 0.149. The van der Waals surface area contributed by atoms with Crippen LogP contribution in [0, 0.1) is 0 Å². The molecule has 2 aromatic heterocycles. The molecule has 0 saturated carbocycles. The van der Waals surface area contributed by atoms with Crippen molar-refractivity contribution in [2.24, 2.45) is 0 Å². The molecule has 7 nitrogen and oxygen atoms in total. The molecule has 160 valence electrons. The molecule has 0 unspecified atom stereocenters. The smallest absolute Gasteiger partial charge is 0.252 e. The topological polar surface area (TPSA) is 99.3 Å². The molecule has 1 aromatic carbocycles. The Balaban J connectivity index is 2.00. The Bertz CT molecular complexity index is 1180. The van der Waals surface area contributed by atoms with Gasteiger partial charge in [-0.3, -0.25) is 9.59 Å². The van der Waals surface area contributed by atoms with Crippen LogP contribution in [0.5, 0.6) is 0 Å². The highest BCUT2D eigenvalue weighted by atomic mass is 32.2. The zero-order valence-electron chi connectivity index (χ0n) is 17.0. The first-order valence-corrected chi connectivity index (χ1v) is 12.2. The summed E-state index contributed by atoms with van der Waals surface area (Å²) in [5, 5.41) is 5.11. The summed E-state index contributed by atoms with van der Waals surface area (Å²) in [6.45, 7) is 4.94. The van der Waals surface area contributed by atoms with E-state index in [4.69, 9.17) is 0 Å². The van der Waals surface area contributed by atoms with Crippen molar-refractivity contribution in [1.82, 2.24) is 14.6 Å². The highest BCUT2D eigenvalue weighted by molar-refractivity contribution is 7.89. The van der Waals surface area contributed by atoms with Crippen molar-refractivity contribution in [2.45, 2.75) is 38.1 Å². The number of H-pyrrole nitrogens is 1. The lowest BCUT2D eigenvalue weighted by molar-refractivity contribution is 0.0952. The number of hydrogen-bond acceptors (Lipinski definition) is 5. The fraction of sp³-hybridized carbons (Fsp3) is 0.333. The van der Waals surface area contributed by atoms with Crippen LogP contribution in [0.2, 0.25) is 0 Å². The standard InChI is InChI=1S/C21H25N3O4S2/c1-3-5-10-24(4-2)30(27,28)16-8-9-19-17(12-16)18(13-20(25)23-19)21(26)22-14-15-7-6-11-29-15/h6-9,11-13H,3-5,10,14H2,1-2H3,(H,22,26)(H,23,25). The minimum Gasteiger partial charge on any atom is -0.347 e. The number of nitrogens with zero attached hydrogens (tertiary/aromatic N) is 1. The summed E-state index contributed by atoms with van der Waals surface area (Å²) < 4.78 is 27.6. The molecule has 0 saturated heterocycles. The number of sulfonamides is 1. The normalized spacial score (nSPS) is 11.8. The first kappa shape index (κ1) is 22.2. The number of carbonyl (C=O) groups excluding carboxylic acids is 1. The molecule has 3 rings (SSSR count). The molecule has 0 aliphatic carbocycles. The van der Waals surface area contributed by atoms with Crippen LogP contribution in [0.4, 0.5) is 0 Å². The van der Waals surface area contributed by atoms with Crippen molar-refractivity contribution in [3.05, 3.63) is 62.6 Å². The number of unbranched alkanes of at least 4 members (excludes halogenated alkanes) is 1. The Hall–Kier alpha value is -2.49. The number of hydrogen-bond donors (Lipinski definition) is 2. The van der Waals surface area contributed by atoms with Crippen LogP contribution in [0.1, 0.15) is 41.9 Å². The first-order chi connectivity index (χ1) is 14.4. The highest BCUT2D eigenvalue weighted by Gasteiger charge is 2.24. The van der Waals surface area contributed by atoms with Gasteiger partial charge in [-0.25, -0.2) is 8.42 Å². The zero-order valence-corrected chi connectivity index (χ0v) is 18.6. The molecule has 0 aliphatic heterocycles. The molecule has 0 radical (unpaired) electrons. The number of aromatic nitrogens is 1. The molecule has 3 aromatic rings. The number of nitrogens with one attached hydrogen (secondary N) is 2. The number of pyridine rings is 1. The molecular weight excluding hydrogens is 422 g/mol. The van der Waals surface area contributed by atoms with Crippen LogP contribution < -0.4 is 10.9 Å². The third kappa shape index (κ3) is 4.80. The van der Waals surface area contributed by atoms with Gasteiger partial charge in [0.1, 0.15) is 0 Å². The lowest BCUT2D eigenvalue weighted by Gasteiger charge is -2.20. The lowest BCUT2D eigenvalue weighted by atomic mass is 10.1. The lowest BCUT2D eigenvalue weighted by Crippen LogP contribution is -2.32. The monoisotopic (exact) mass is 447 g/mol. The van der Waals surface area contributed by atoms with Crippen molar-refractivity contribution in [3.8, 4) is 0 Å². The van der Waals surface area contributed by atoms with Crippen LogP contribution in [0.15, 0.2) is 51.5 Å². The van der Waals surface area contributed by atoms with E-state index in [1.807, 2.05) is 24.4 Å². The summed E-state index contributed by atoms with van der Waals surface area (Å²) in [7, 11) is -3.70. The maximum atomic E-state index is 13.1. The molecule has 9 heteroatoms. The van der Waals surface area contributed by atoms with Gasteiger partial charge in [0.2, 0.25) is 15.6 Å². The van der Waals surface area contributed by atoms with Crippen LogP contribution in [0.3, 0.4) is 0 Å². The van der Waals surface area contributed by atoms with Gasteiger partial charge in [0.25, 0.3) is 5.91 Å². The molecule has 1 amide bonds. The third-order valence-electron chi connectivity index (χ3n) is 4.81. The van der Waals surface area contributed by atoms with Crippen LogP contribution in [-0.2, 0) is 16.6 Å². The second-order valence-electron chi connectivity index (χ2n) is 6.87. The van der Waals surface area contributed by atoms with Gasteiger partial charge in [0.15, 0.2) is 0 Å². The molecule has 2 heterocycles. The second kappa shape index (κ2) is 9.55. The van der Waals surface area contributed by atoms with E-state index < -0.39 is 21.5 Å². The van der Waals surface area contributed by atoms with Crippen molar-refractivity contribution in [3.63, 3.8) is 0 Å². The summed E-state index contributed by atoms with van der Waals surface area (Å²) in [5.74, 6) is -0.424. The van der Waals surface area contributed by atoms with E-state index >= 15 is 0 Å². The Morgan fingerprint density at radius 3 is 2.67 bits per heavy atom. The minimum absolute atomic E-state index is 0.104. The quantitative estimate of drug-likeness (QED) is 0.525. The molecule has 0 aliphatic rings. The van der Waals surface area contributed by atoms with E-state index in [-0.39, 0.29) is 10.5 Å². The molecule has 0 spiro atoms. The van der Waals surface area contributed by atoms with Gasteiger partial charge < -0.3 is 10.3 Å². The summed E-state index contributed by atoms with van der Waals surface area (Å²) in [6.07, 6.45) is 1.66. The van der Waals surface area contributed by atoms with E-state index in [2.05, 4.69) is 10.3 Å². The first-order valence-electron chi connectivity index (χ1n) is 9.84. The SMILES string of the molecule is CCCCN(CC)S(=O)(=O)c1ccc2[nH]c(=O)cc(C(=O)NCc3cccs3)c2c1. The summed E-state index contributed by atoms with van der Waals surface area (Å²) in [6, 6.07) is 9.47. The molecular formula is C21H25N3O4S2. The van der Waals surface area contributed by atoms with E-state index in [1.165, 1.54) is 39.9 Å². The average Bonchev–Trinajstić information content (AvgIpc) is 3.25. The number of thiophene rings is 1. The Labute approximate surface area is 179 Å². The van der Waals surface area contributed by atoms with E-state index in [1.54, 1.807) is 6.92 Å². The van der Waals surface area contributed by atoms with Crippen molar-refractivity contribution < 1.29 is 13.2 Å². The maximum Gasteiger partial charge on any atom is 0.252 e. The number of rotatable bonds is 9. The van der Waals surface area contributed by atoms with Gasteiger partial charge >= 0.3 is 0 Å². The molecule has 0 bridgehead atoms. The molecule has 0 fully saturated rings. The van der Waals surface area contributed by atoms with Crippen LogP contribution >= 0.6 is 11.3 Å². The number of amides is 1. The minimum atomic E-state index is -3.70. The van der Waals surface area contributed by atoms with Gasteiger partial charge in [-0.1, -0.05) is 26.3 Å². The van der Waals surface area contributed by atoms with Gasteiger partial charge in [-0.2, -0.15) is 4.31 Å². The van der Waals surface area contributed by atoms with Crippen molar-refractivity contribution >= 4 is 38.2 Å². The molecule has 30 heavy (non-hydrogen) atoms. The van der Waals surface area contributed by atoms with Gasteiger partial charge in [-0.05, 0) is 36.1 Å². The summed E-state index contributed by atoms with van der Waals surface area (Å²) in [4.78, 5) is 28.6. The van der Waals surface area contributed by atoms with Crippen molar-refractivity contribution in [1.29, 1.82) is 0 Å². The number of benzene rings is 1. The van der Waals surface area contributed by atoms with Crippen molar-refractivity contribution in [2.75, 3.05) is 13.1 Å². The van der Waals surface area contributed by atoms with Crippen LogP contribution in [0.25, 0.3) is 10.9 Å². The Morgan fingerprint density at radius 2 is 2.00 bits per heavy atom. The second-order valence-corrected chi connectivity index (χ2v) is 9.84. The third-order valence-corrected chi connectivity index (χ3v) is 7.66. The number of carbonyl (C=O) groups is 1.